The first-order chi connectivity index (χ1) is 8.70. The quantitative estimate of drug-likeness (QED) is 0.288. The van der Waals surface area contributed by atoms with Crippen molar-refractivity contribution in [2.45, 2.75) is 26.7 Å². The Bertz CT molecular complexity index is 295. The number of rotatable bonds is 8. The Hall–Kier alpha value is -1.84. The molecule has 0 spiro atoms. The van der Waals surface area contributed by atoms with Gasteiger partial charge in [-0.15, -0.1) is 0 Å². The number of carbonyl (C=O) groups excluding carboxylic acids is 2. The van der Waals surface area contributed by atoms with Gasteiger partial charge < -0.3 is 9.47 Å². The lowest BCUT2D eigenvalue weighted by atomic mass is 10.4. The minimum Gasteiger partial charge on any atom is -0.462 e. The van der Waals surface area contributed by atoms with Crippen molar-refractivity contribution in [3.8, 4) is 0 Å². The fourth-order valence-electron chi connectivity index (χ4n) is 1.02. The van der Waals surface area contributed by atoms with E-state index in [4.69, 9.17) is 9.47 Å². The van der Waals surface area contributed by atoms with Crippen LogP contribution >= 0.6 is 0 Å². The Morgan fingerprint density at radius 1 is 0.833 bits per heavy atom. The second-order valence-electron chi connectivity index (χ2n) is 3.38. The third-order valence-corrected chi connectivity index (χ3v) is 1.88. The molecule has 0 aromatic rings. The summed E-state index contributed by atoms with van der Waals surface area (Å²) < 4.78 is 9.68. The SMILES string of the molecule is CC=CCCOC(=O)/C=C\C(=O)OCCC=CC. The predicted molar refractivity (Wildman–Crippen MR) is 69.9 cm³/mol. The van der Waals surface area contributed by atoms with Crippen molar-refractivity contribution in [2.24, 2.45) is 0 Å². The molecule has 0 N–H and O–H groups in total. The molecular formula is C14H20O4. The van der Waals surface area contributed by atoms with Crippen molar-refractivity contribution in [3.05, 3.63) is 36.5 Å². The van der Waals surface area contributed by atoms with E-state index in [1.54, 1.807) is 0 Å². The Kier molecular flexibility index (Phi) is 10.4. The van der Waals surface area contributed by atoms with Crippen LogP contribution in [-0.4, -0.2) is 25.2 Å². The average Bonchev–Trinajstić information content (AvgIpc) is 2.37. The molecule has 0 amide bonds. The molecule has 0 aliphatic heterocycles. The Morgan fingerprint density at radius 3 is 1.56 bits per heavy atom. The van der Waals surface area contributed by atoms with Gasteiger partial charge in [-0.25, -0.2) is 9.59 Å². The third-order valence-electron chi connectivity index (χ3n) is 1.88. The van der Waals surface area contributed by atoms with Crippen LogP contribution in [0.4, 0.5) is 0 Å². The van der Waals surface area contributed by atoms with Gasteiger partial charge in [-0.1, -0.05) is 24.3 Å². The Morgan fingerprint density at radius 2 is 1.22 bits per heavy atom. The van der Waals surface area contributed by atoms with E-state index in [0.29, 0.717) is 26.1 Å². The molecule has 0 saturated heterocycles. The maximum atomic E-state index is 11.1. The third kappa shape index (κ3) is 10.7. The molecule has 0 bridgehead atoms. The number of hydrogen-bond donors (Lipinski definition) is 0. The second-order valence-corrected chi connectivity index (χ2v) is 3.38. The van der Waals surface area contributed by atoms with E-state index in [0.717, 1.165) is 12.2 Å². The molecule has 4 nitrogen and oxygen atoms in total. The maximum absolute atomic E-state index is 11.1. The fraction of sp³-hybridized carbons (Fsp3) is 0.429. The van der Waals surface area contributed by atoms with Crippen LogP contribution in [0.5, 0.6) is 0 Å². The van der Waals surface area contributed by atoms with E-state index in [2.05, 4.69) is 0 Å². The highest BCUT2D eigenvalue weighted by atomic mass is 16.5. The monoisotopic (exact) mass is 252 g/mol. The van der Waals surface area contributed by atoms with Crippen molar-refractivity contribution in [1.29, 1.82) is 0 Å². The molecule has 0 saturated carbocycles. The Labute approximate surface area is 108 Å². The smallest absolute Gasteiger partial charge is 0.331 e. The van der Waals surface area contributed by atoms with Crippen LogP contribution in [0.2, 0.25) is 0 Å². The lowest BCUT2D eigenvalue weighted by Gasteiger charge is -1.99. The maximum Gasteiger partial charge on any atom is 0.331 e. The van der Waals surface area contributed by atoms with E-state index < -0.39 is 11.9 Å². The zero-order valence-corrected chi connectivity index (χ0v) is 10.9. The van der Waals surface area contributed by atoms with Crippen LogP contribution in [0.3, 0.4) is 0 Å². The van der Waals surface area contributed by atoms with Gasteiger partial charge in [-0.05, 0) is 26.7 Å². The van der Waals surface area contributed by atoms with Crippen molar-refractivity contribution < 1.29 is 19.1 Å². The molecule has 0 unspecified atom stereocenters. The second kappa shape index (κ2) is 11.6. The van der Waals surface area contributed by atoms with Crippen LogP contribution in [0.25, 0.3) is 0 Å². The van der Waals surface area contributed by atoms with E-state index in [1.807, 2.05) is 38.2 Å². The molecule has 0 heterocycles. The van der Waals surface area contributed by atoms with Gasteiger partial charge >= 0.3 is 11.9 Å². The van der Waals surface area contributed by atoms with E-state index in [-0.39, 0.29) is 0 Å². The largest absolute Gasteiger partial charge is 0.462 e. The van der Waals surface area contributed by atoms with Gasteiger partial charge in [0.1, 0.15) is 0 Å². The number of ether oxygens (including phenoxy) is 2. The van der Waals surface area contributed by atoms with Gasteiger partial charge in [-0.2, -0.15) is 0 Å². The summed E-state index contributed by atoms with van der Waals surface area (Å²) in [4.78, 5) is 22.3. The zero-order chi connectivity index (χ0) is 13.6. The van der Waals surface area contributed by atoms with Crippen molar-refractivity contribution >= 4 is 11.9 Å². The molecule has 100 valence electrons. The summed E-state index contributed by atoms with van der Waals surface area (Å²) in [5.41, 5.74) is 0. The summed E-state index contributed by atoms with van der Waals surface area (Å²) in [7, 11) is 0. The van der Waals surface area contributed by atoms with Gasteiger partial charge in [-0.3, -0.25) is 0 Å². The van der Waals surface area contributed by atoms with Crippen LogP contribution in [0.15, 0.2) is 36.5 Å². The average molecular weight is 252 g/mol. The summed E-state index contributed by atoms with van der Waals surface area (Å²) in [6.45, 7) is 4.41. The first-order valence-corrected chi connectivity index (χ1v) is 5.94. The highest BCUT2D eigenvalue weighted by Crippen LogP contribution is 1.91. The summed E-state index contributed by atoms with van der Waals surface area (Å²) >= 11 is 0. The molecule has 0 atom stereocenters. The van der Waals surface area contributed by atoms with E-state index in [9.17, 15) is 9.59 Å². The molecule has 0 radical (unpaired) electrons. The Balaban J connectivity index is 3.71. The van der Waals surface area contributed by atoms with Crippen LogP contribution in [0, 0.1) is 0 Å². The van der Waals surface area contributed by atoms with E-state index in [1.165, 1.54) is 0 Å². The van der Waals surface area contributed by atoms with Gasteiger partial charge in [0.25, 0.3) is 0 Å². The van der Waals surface area contributed by atoms with E-state index >= 15 is 0 Å². The molecule has 0 fully saturated rings. The molecular weight excluding hydrogens is 232 g/mol. The summed E-state index contributed by atoms with van der Waals surface area (Å²) in [5, 5.41) is 0. The van der Waals surface area contributed by atoms with Crippen molar-refractivity contribution in [1.82, 2.24) is 0 Å². The number of carbonyl (C=O) groups is 2. The van der Waals surface area contributed by atoms with Crippen LogP contribution in [0.1, 0.15) is 26.7 Å². The van der Waals surface area contributed by atoms with Gasteiger partial charge in [0.05, 0.1) is 13.2 Å². The molecule has 0 aliphatic rings. The standard InChI is InChI=1S/C14H20O4/c1-3-5-7-11-17-13(15)9-10-14(16)18-12-8-6-4-2/h3-6,9-10H,7-8,11-12H2,1-2H3/b5-3?,6-4?,10-9-. The zero-order valence-electron chi connectivity index (χ0n) is 10.9. The lowest BCUT2D eigenvalue weighted by Crippen LogP contribution is -2.05. The topological polar surface area (TPSA) is 52.6 Å². The molecule has 4 heteroatoms. The number of esters is 2. The fourth-order valence-corrected chi connectivity index (χ4v) is 1.02. The van der Waals surface area contributed by atoms with Gasteiger partial charge in [0.2, 0.25) is 0 Å². The number of allylic oxidation sites excluding steroid dienone is 2. The predicted octanol–water partition coefficient (Wildman–Crippen LogP) is 2.56. The normalized spacial score (nSPS) is 11.4. The number of hydrogen-bond acceptors (Lipinski definition) is 4. The molecule has 0 aromatic carbocycles. The minimum absolute atomic E-state index is 0.309. The summed E-state index contributed by atoms with van der Waals surface area (Å²) in [5.74, 6) is -1.07. The van der Waals surface area contributed by atoms with Crippen LogP contribution < -0.4 is 0 Å². The lowest BCUT2D eigenvalue weighted by molar-refractivity contribution is -0.140. The molecule has 0 aliphatic carbocycles. The summed E-state index contributed by atoms with van der Waals surface area (Å²) in [6, 6.07) is 0. The molecule has 0 rings (SSSR count). The molecule has 18 heavy (non-hydrogen) atoms. The summed E-state index contributed by atoms with van der Waals surface area (Å²) in [6.07, 6.45) is 11.0. The first-order valence-electron chi connectivity index (χ1n) is 5.94. The van der Waals surface area contributed by atoms with Crippen molar-refractivity contribution in [3.63, 3.8) is 0 Å². The molecule has 0 aromatic heterocycles. The highest BCUT2D eigenvalue weighted by molar-refractivity contribution is 5.91. The van der Waals surface area contributed by atoms with Crippen molar-refractivity contribution in [2.75, 3.05) is 13.2 Å². The highest BCUT2D eigenvalue weighted by Gasteiger charge is 1.99. The first kappa shape index (κ1) is 16.2. The van der Waals surface area contributed by atoms with Crippen LogP contribution in [-0.2, 0) is 19.1 Å². The van der Waals surface area contributed by atoms with Gasteiger partial charge in [0, 0.05) is 12.2 Å². The minimum atomic E-state index is -0.537. The van der Waals surface area contributed by atoms with Gasteiger partial charge in [0.15, 0.2) is 0 Å².